The third-order valence-corrected chi connectivity index (χ3v) is 5.57. The second-order valence-electron chi connectivity index (χ2n) is 7.71. The number of halogens is 17. The van der Waals surface area contributed by atoms with Gasteiger partial charge in [-0.3, -0.25) is 4.57 Å². The first kappa shape index (κ1) is 38.9. The standard InChI is InChI=1S/C15H14F17O5P.Na/c16-8(17,3-1-2-4-9(18,19)20)10(21,22)11(23,24)12(25,26)13(27,28)14(29,30)15(31,32)37-38(33,34)36-6-7-5-35-7;/h7H,1-6H2,(H,33,34);/q;+1/p-1. The molecule has 1 rings (SSSR count). The largest absolute Gasteiger partial charge is 1.00 e. The van der Waals surface area contributed by atoms with Crippen molar-refractivity contribution in [3.05, 3.63) is 0 Å². The van der Waals surface area contributed by atoms with Crippen LogP contribution in [0, 0.1) is 0 Å². The van der Waals surface area contributed by atoms with E-state index in [1.54, 1.807) is 0 Å². The molecular weight excluding hydrogens is 637 g/mol. The number of phosphoric ester groups is 1. The Hall–Kier alpha value is -0.120. The molecule has 0 aromatic carbocycles. The van der Waals surface area contributed by atoms with Gasteiger partial charge in [0.2, 0.25) is 0 Å². The van der Waals surface area contributed by atoms with Crippen molar-refractivity contribution in [1.82, 2.24) is 0 Å². The van der Waals surface area contributed by atoms with Crippen LogP contribution in [0.3, 0.4) is 0 Å². The van der Waals surface area contributed by atoms with E-state index in [1.807, 2.05) is 0 Å². The third-order valence-electron chi connectivity index (χ3n) is 4.65. The molecule has 0 saturated carbocycles. The van der Waals surface area contributed by atoms with Crippen molar-refractivity contribution in [2.24, 2.45) is 0 Å². The van der Waals surface area contributed by atoms with Crippen LogP contribution in [0.5, 0.6) is 0 Å². The number of alkyl halides is 17. The second kappa shape index (κ2) is 11.9. The fraction of sp³-hybridized carbons (Fsp3) is 1.00. The summed E-state index contributed by atoms with van der Waals surface area (Å²) < 4.78 is 248. The first-order chi connectivity index (χ1) is 16.5. The average Bonchev–Trinajstić information content (AvgIpc) is 3.52. The molecular formula is C15H13F17NaO5P. The van der Waals surface area contributed by atoms with Crippen molar-refractivity contribution in [1.29, 1.82) is 0 Å². The maximum atomic E-state index is 13.7. The number of epoxide rings is 1. The molecule has 0 N–H and O–H groups in total. The van der Waals surface area contributed by atoms with Crippen LogP contribution in [0.4, 0.5) is 74.6 Å². The molecule has 1 fully saturated rings. The van der Waals surface area contributed by atoms with Gasteiger partial charge in [0, 0.05) is 12.8 Å². The van der Waals surface area contributed by atoms with E-state index in [0.717, 1.165) is 0 Å². The summed E-state index contributed by atoms with van der Waals surface area (Å²) >= 11 is 0. The molecule has 1 heterocycles. The Kier molecular flexibility index (Phi) is 11.8. The van der Waals surface area contributed by atoms with Crippen LogP contribution >= 0.6 is 7.82 Å². The summed E-state index contributed by atoms with van der Waals surface area (Å²) in [4.78, 5) is 11.1. The Balaban J connectivity index is 0.0000144. The Labute approximate surface area is 228 Å². The summed E-state index contributed by atoms with van der Waals surface area (Å²) in [6.07, 6.45) is -21.7. The summed E-state index contributed by atoms with van der Waals surface area (Å²) in [6, 6.07) is 0. The normalized spacial score (nSPS) is 19.9. The van der Waals surface area contributed by atoms with Gasteiger partial charge in [-0.1, -0.05) is 0 Å². The van der Waals surface area contributed by atoms with Crippen LogP contribution in [0.1, 0.15) is 25.7 Å². The van der Waals surface area contributed by atoms with Crippen molar-refractivity contribution in [2.45, 2.75) is 79.6 Å². The number of hydrogen-bond donors (Lipinski definition) is 0. The minimum Gasteiger partial charge on any atom is -0.756 e. The maximum absolute atomic E-state index is 13.7. The van der Waals surface area contributed by atoms with Gasteiger partial charge < -0.3 is 14.2 Å². The van der Waals surface area contributed by atoms with Crippen molar-refractivity contribution >= 4 is 7.82 Å². The van der Waals surface area contributed by atoms with Gasteiger partial charge >= 0.3 is 77.4 Å². The molecule has 2 unspecified atom stereocenters. The zero-order valence-corrected chi connectivity index (χ0v) is 21.6. The minimum absolute atomic E-state index is 0. The molecule has 1 saturated heterocycles. The molecule has 39 heavy (non-hydrogen) atoms. The zero-order valence-electron chi connectivity index (χ0n) is 18.7. The van der Waals surface area contributed by atoms with Gasteiger partial charge in [-0.15, -0.1) is 0 Å². The molecule has 0 aromatic rings. The molecule has 24 heteroatoms. The van der Waals surface area contributed by atoms with Crippen molar-refractivity contribution in [2.75, 3.05) is 13.2 Å². The predicted octanol–water partition coefficient (Wildman–Crippen LogP) is 3.42. The Morgan fingerprint density at radius 3 is 1.49 bits per heavy atom. The molecule has 0 aliphatic carbocycles. The SMILES string of the molecule is O=P([O-])(OCC1CO1)OC(F)(F)C(F)(F)C(F)(F)C(F)(F)C(F)(F)C(F)(F)C(F)(F)CCCCC(F)(F)F.[Na+]. The minimum atomic E-state index is -8.51. The molecule has 1 aliphatic rings. The van der Waals surface area contributed by atoms with E-state index in [4.69, 9.17) is 0 Å². The summed E-state index contributed by atoms with van der Waals surface area (Å²) in [5, 5.41) is 0. The number of rotatable bonds is 15. The van der Waals surface area contributed by atoms with Crippen LogP contribution < -0.4 is 34.5 Å². The number of ether oxygens (including phenoxy) is 1. The van der Waals surface area contributed by atoms with Crippen LogP contribution in [0.25, 0.3) is 0 Å². The van der Waals surface area contributed by atoms with Gasteiger partial charge in [0.15, 0.2) is 0 Å². The summed E-state index contributed by atoms with van der Waals surface area (Å²) in [5.74, 6) is -47.8. The number of phosphoric acid groups is 1. The van der Waals surface area contributed by atoms with Crippen LogP contribution in [-0.2, 0) is 18.3 Å². The van der Waals surface area contributed by atoms with Crippen molar-refractivity contribution in [3.63, 3.8) is 0 Å². The van der Waals surface area contributed by atoms with Gasteiger partial charge in [0.05, 0.1) is 13.2 Å². The zero-order chi connectivity index (χ0) is 30.4. The molecule has 5 nitrogen and oxygen atoms in total. The van der Waals surface area contributed by atoms with Crippen LogP contribution in [0.2, 0.25) is 0 Å². The molecule has 0 bridgehead atoms. The smallest absolute Gasteiger partial charge is 0.756 e. The molecule has 0 radical (unpaired) electrons. The van der Waals surface area contributed by atoms with Crippen molar-refractivity contribution < 1.29 is 127 Å². The Morgan fingerprint density at radius 2 is 1.08 bits per heavy atom. The van der Waals surface area contributed by atoms with E-state index in [1.165, 1.54) is 0 Å². The third kappa shape index (κ3) is 8.04. The fourth-order valence-electron chi connectivity index (χ4n) is 2.40. The van der Waals surface area contributed by atoms with E-state index >= 15 is 0 Å². The van der Waals surface area contributed by atoms with E-state index < -0.39 is 94.0 Å². The van der Waals surface area contributed by atoms with Crippen LogP contribution in [-0.4, -0.2) is 67.1 Å². The summed E-state index contributed by atoms with van der Waals surface area (Å²) in [5.41, 5.74) is 0. The molecule has 0 spiro atoms. The van der Waals surface area contributed by atoms with Crippen molar-refractivity contribution in [3.8, 4) is 0 Å². The van der Waals surface area contributed by atoms with E-state index in [2.05, 4.69) is 13.8 Å². The van der Waals surface area contributed by atoms with Gasteiger partial charge in [-0.2, -0.15) is 74.6 Å². The molecule has 228 valence electrons. The van der Waals surface area contributed by atoms with Crippen LogP contribution in [0.15, 0.2) is 0 Å². The van der Waals surface area contributed by atoms with E-state index in [9.17, 15) is 84.1 Å². The van der Waals surface area contributed by atoms with Gasteiger partial charge in [0.25, 0.3) is 7.82 Å². The average molecular weight is 650 g/mol. The summed E-state index contributed by atoms with van der Waals surface area (Å²) in [7, 11) is -6.85. The molecule has 1 aliphatic heterocycles. The monoisotopic (exact) mass is 650 g/mol. The number of unbranched alkanes of at least 4 members (excludes halogenated alkanes) is 1. The summed E-state index contributed by atoms with van der Waals surface area (Å²) in [6.45, 7) is -1.55. The predicted molar refractivity (Wildman–Crippen MR) is 83.5 cm³/mol. The number of hydrogen-bond acceptors (Lipinski definition) is 5. The van der Waals surface area contributed by atoms with E-state index in [-0.39, 0.29) is 36.2 Å². The Morgan fingerprint density at radius 1 is 0.692 bits per heavy atom. The van der Waals surface area contributed by atoms with Gasteiger partial charge in [-0.25, -0.2) is 4.52 Å². The second-order valence-corrected chi connectivity index (χ2v) is 9.04. The molecule has 0 amide bonds. The fourth-order valence-corrected chi connectivity index (χ4v) is 3.19. The quantitative estimate of drug-likeness (QED) is 0.0895. The van der Waals surface area contributed by atoms with E-state index in [0.29, 0.717) is 0 Å². The molecule has 0 aromatic heterocycles. The first-order valence-electron chi connectivity index (χ1n) is 9.48. The first-order valence-corrected chi connectivity index (χ1v) is 10.9. The van der Waals surface area contributed by atoms with Gasteiger partial charge in [0.1, 0.15) is 6.10 Å². The van der Waals surface area contributed by atoms with Gasteiger partial charge in [-0.05, 0) is 12.8 Å². The molecule has 2 atom stereocenters. The topological polar surface area (TPSA) is 71.1 Å². The Bertz CT molecular complexity index is 877. The maximum Gasteiger partial charge on any atom is 1.00 e.